The molecule has 0 spiro atoms. The third kappa shape index (κ3) is 4.35. The minimum Gasteiger partial charge on any atom is -0.488 e. The molecule has 0 fully saturated rings. The summed E-state index contributed by atoms with van der Waals surface area (Å²) in [5.74, 6) is 5.03. The van der Waals surface area contributed by atoms with E-state index < -0.39 is 11.6 Å². The zero-order valence-corrected chi connectivity index (χ0v) is 12.3. The Morgan fingerprint density at radius 3 is 2.52 bits per heavy atom. The van der Waals surface area contributed by atoms with Crippen LogP contribution in [0.3, 0.4) is 0 Å². The van der Waals surface area contributed by atoms with Gasteiger partial charge in [0.2, 0.25) is 0 Å². The molecule has 2 aromatic carbocycles. The van der Waals surface area contributed by atoms with Gasteiger partial charge in [0.1, 0.15) is 24.0 Å². The average Bonchev–Trinajstić information content (AvgIpc) is 2.47. The Hall–Kier alpha value is -1.76. The van der Waals surface area contributed by atoms with E-state index in [0.717, 1.165) is 0 Å². The lowest BCUT2D eigenvalue weighted by atomic mass is 10.2. The van der Waals surface area contributed by atoms with Crippen molar-refractivity contribution in [2.24, 2.45) is 0 Å². The van der Waals surface area contributed by atoms with Crippen LogP contribution in [-0.4, -0.2) is 5.88 Å². The Morgan fingerprint density at radius 2 is 1.76 bits per heavy atom. The van der Waals surface area contributed by atoms with Gasteiger partial charge in [0.05, 0.1) is 11.4 Å². The first-order valence-electron chi connectivity index (χ1n) is 6.01. The number of ether oxygens (including phenoxy) is 1. The normalized spacial score (nSPS) is 9.90. The fourth-order valence-corrected chi connectivity index (χ4v) is 1.90. The molecule has 0 radical (unpaired) electrons. The van der Waals surface area contributed by atoms with Crippen molar-refractivity contribution in [3.63, 3.8) is 0 Å². The molecule has 21 heavy (non-hydrogen) atoms. The molecule has 0 saturated carbocycles. The average molecular weight is 327 g/mol. The van der Waals surface area contributed by atoms with Gasteiger partial charge < -0.3 is 4.74 Å². The maximum atomic E-state index is 13.2. The van der Waals surface area contributed by atoms with Gasteiger partial charge in [0, 0.05) is 10.6 Å². The highest BCUT2D eigenvalue weighted by Crippen LogP contribution is 2.23. The molecule has 2 rings (SSSR count). The topological polar surface area (TPSA) is 9.23 Å². The van der Waals surface area contributed by atoms with Gasteiger partial charge in [-0.3, -0.25) is 0 Å². The summed E-state index contributed by atoms with van der Waals surface area (Å²) in [6, 6.07) is 7.97. The second-order valence-electron chi connectivity index (χ2n) is 4.10. The number of hydrogen-bond acceptors (Lipinski definition) is 1. The van der Waals surface area contributed by atoms with Gasteiger partial charge in [0.15, 0.2) is 0 Å². The minimum absolute atomic E-state index is 0.0534. The molecule has 0 aliphatic rings. The molecule has 0 saturated heterocycles. The highest BCUT2D eigenvalue weighted by Gasteiger charge is 2.07. The van der Waals surface area contributed by atoms with Crippen molar-refractivity contribution in [1.29, 1.82) is 0 Å². The molecule has 0 aliphatic carbocycles. The molecular formula is C16H10Cl2F2O. The number of hydrogen-bond donors (Lipinski definition) is 0. The molecule has 108 valence electrons. The Morgan fingerprint density at radius 1 is 1.05 bits per heavy atom. The molecule has 0 unspecified atom stereocenters. The molecular weight excluding hydrogens is 317 g/mol. The predicted octanol–water partition coefficient (Wildman–Crippen LogP) is 4.79. The SMILES string of the molecule is Fc1ccc(OCc2cc(F)ccc2Cl)c(C#CCCl)c1. The van der Waals surface area contributed by atoms with Crippen LogP contribution in [0, 0.1) is 23.5 Å². The third-order valence-corrected chi connectivity index (χ3v) is 3.12. The van der Waals surface area contributed by atoms with Gasteiger partial charge in [0.25, 0.3) is 0 Å². The van der Waals surface area contributed by atoms with E-state index >= 15 is 0 Å². The molecule has 0 aromatic heterocycles. The predicted molar refractivity (Wildman–Crippen MR) is 79.7 cm³/mol. The van der Waals surface area contributed by atoms with E-state index in [2.05, 4.69) is 11.8 Å². The lowest BCUT2D eigenvalue weighted by molar-refractivity contribution is 0.304. The maximum Gasteiger partial charge on any atom is 0.135 e. The number of alkyl halides is 1. The van der Waals surface area contributed by atoms with E-state index in [0.29, 0.717) is 21.9 Å². The van der Waals surface area contributed by atoms with Crippen LogP contribution in [0.15, 0.2) is 36.4 Å². The van der Waals surface area contributed by atoms with Crippen molar-refractivity contribution in [1.82, 2.24) is 0 Å². The summed E-state index contributed by atoms with van der Waals surface area (Å²) >= 11 is 11.4. The molecule has 2 aromatic rings. The first-order valence-corrected chi connectivity index (χ1v) is 6.92. The fourth-order valence-electron chi connectivity index (χ4n) is 1.66. The summed E-state index contributed by atoms with van der Waals surface area (Å²) in [6.07, 6.45) is 0. The van der Waals surface area contributed by atoms with Crippen molar-refractivity contribution < 1.29 is 13.5 Å². The van der Waals surface area contributed by atoms with E-state index in [9.17, 15) is 8.78 Å². The number of benzene rings is 2. The highest BCUT2D eigenvalue weighted by molar-refractivity contribution is 6.31. The van der Waals surface area contributed by atoms with Crippen LogP contribution in [0.4, 0.5) is 8.78 Å². The fraction of sp³-hybridized carbons (Fsp3) is 0.125. The van der Waals surface area contributed by atoms with E-state index in [1.54, 1.807) is 0 Å². The largest absolute Gasteiger partial charge is 0.488 e. The Kier molecular flexibility index (Phi) is 5.44. The smallest absolute Gasteiger partial charge is 0.135 e. The van der Waals surface area contributed by atoms with Gasteiger partial charge in [-0.1, -0.05) is 23.4 Å². The van der Waals surface area contributed by atoms with Gasteiger partial charge in [-0.05, 0) is 36.4 Å². The summed E-state index contributed by atoms with van der Waals surface area (Å²) in [7, 11) is 0. The maximum absolute atomic E-state index is 13.2. The molecule has 5 heteroatoms. The summed E-state index contributed by atoms with van der Waals surface area (Å²) in [6.45, 7) is 0.0534. The summed E-state index contributed by atoms with van der Waals surface area (Å²) in [4.78, 5) is 0. The van der Waals surface area contributed by atoms with Gasteiger partial charge in [-0.15, -0.1) is 11.6 Å². The molecule has 0 amide bonds. The van der Waals surface area contributed by atoms with Gasteiger partial charge in [-0.25, -0.2) is 8.78 Å². The molecule has 0 aliphatic heterocycles. The molecule has 0 heterocycles. The van der Waals surface area contributed by atoms with Gasteiger partial charge in [-0.2, -0.15) is 0 Å². The van der Waals surface area contributed by atoms with Crippen LogP contribution >= 0.6 is 23.2 Å². The Balaban J connectivity index is 2.21. The van der Waals surface area contributed by atoms with Crippen molar-refractivity contribution in [3.8, 4) is 17.6 Å². The third-order valence-electron chi connectivity index (χ3n) is 2.62. The first kappa shape index (κ1) is 15.6. The van der Waals surface area contributed by atoms with Crippen LogP contribution in [0.25, 0.3) is 0 Å². The quantitative estimate of drug-likeness (QED) is 0.582. The van der Waals surface area contributed by atoms with Crippen molar-refractivity contribution in [2.75, 3.05) is 5.88 Å². The van der Waals surface area contributed by atoms with Crippen molar-refractivity contribution >= 4 is 23.2 Å². The highest BCUT2D eigenvalue weighted by atomic mass is 35.5. The van der Waals surface area contributed by atoms with E-state index in [1.165, 1.54) is 36.4 Å². The lowest BCUT2D eigenvalue weighted by Gasteiger charge is -2.10. The van der Waals surface area contributed by atoms with E-state index in [-0.39, 0.29) is 12.5 Å². The van der Waals surface area contributed by atoms with Crippen LogP contribution in [0.5, 0.6) is 5.75 Å². The molecule has 0 atom stereocenters. The van der Waals surface area contributed by atoms with Crippen LogP contribution in [0.2, 0.25) is 5.02 Å². The zero-order chi connectivity index (χ0) is 15.2. The van der Waals surface area contributed by atoms with Crippen LogP contribution in [-0.2, 0) is 6.61 Å². The summed E-state index contributed by atoms with van der Waals surface area (Å²) in [5.41, 5.74) is 0.875. The van der Waals surface area contributed by atoms with Crippen LogP contribution in [0.1, 0.15) is 11.1 Å². The minimum atomic E-state index is -0.426. The van der Waals surface area contributed by atoms with Crippen molar-refractivity contribution in [3.05, 3.63) is 64.2 Å². The first-order chi connectivity index (χ1) is 10.1. The number of halogens is 4. The molecule has 1 nitrogen and oxygen atoms in total. The zero-order valence-electron chi connectivity index (χ0n) is 10.8. The second kappa shape index (κ2) is 7.31. The van der Waals surface area contributed by atoms with Gasteiger partial charge >= 0.3 is 0 Å². The van der Waals surface area contributed by atoms with Crippen molar-refractivity contribution in [2.45, 2.75) is 6.61 Å². The van der Waals surface area contributed by atoms with E-state index in [1.807, 2.05) is 0 Å². The Bertz CT molecular complexity index is 705. The standard InChI is InChI=1S/C16H10Cl2F2O/c17-7-1-2-11-8-14(20)4-6-16(11)21-10-12-9-13(19)3-5-15(12)18/h3-6,8-9H,7,10H2. The number of rotatable bonds is 3. The summed E-state index contributed by atoms with van der Waals surface area (Å²) < 4.78 is 31.9. The van der Waals surface area contributed by atoms with E-state index in [4.69, 9.17) is 27.9 Å². The second-order valence-corrected chi connectivity index (χ2v) is 4.77. The Labute approximate surface area is 131 Å². The molecule has 0 bridgehead atoms. The van der Waals surface area contributed by atoms with Crippen LogP contribution < -0.4 is 4.74 Å². The lowest BCUT2D eigenvalue weighted by Crippen LogP contribution is -1.99. The summed E-state index contributed by atoms with van der Waals surface area (Å²) in [5, 5.41) is 0.395. The monoisotopic (exact) mass is 326 g/mol. The molecule has 0 N–H and O–H groups in total.